The number of nitrogens with zero attached hydrogens (tertiary/aromatic N) is 2. The van der Waals surface area contributed by atoms with E-state index in [1.807, 2.05) is 0 Å². The van der Waals surface area contributed by atoms with Crippen molar-refractivity contribution in [1.82, 2.24) is 10.2 Å². The van der Waals surface area contributed by atoms with Gasteiger partial charge in [0.1, 0.15) is 5.75 Å². The number of nitrogens with one attached hydrogen (secondary N) is 1. The number of halogens is 1. The number of anilines is 1. The Morgan fingerprint density at radius 1 is 1.03 bits per heavy atom. The number of hydrogen-bond donors (Lipinski definition) is 1. The van der Waals surface area contributed by atoms with Gasteiger partial charge in [-0.05, 0) is 61.6 Å². The quantitative estimate of drug-likeness (QED) is 0.565. The molecule has 0 bridgehead atoms. The monoisotopic (exact) mass is 453 g/mol. The van der Waals surface area contributed by atoms with Crippen molar-refractivity contribution >= 4 is 33.2 Å². The summed E-state index contributed by atoms with van der Waals surface area (Å²) in [4.78, 5) is 14.3. The van der Waals surface area contributed by atoms with Crippen LogP contribution in [0.5, 0.6) is 5.75 Å². The SMILES string of the molecule is CCN(CC)CCNC(=O)COc1ccc(N(C)S(=O)(=O)c2ccc(Cl)cc2)cc1. The molecule has 0 saturated carbocycles. The molecule has 9 heteroatoms. The van der Waals surface area contributed by atoms with Crippen LogP contribution in [0.2, 0.25) is 5.02 Å². The lowest BCUT2D eigenvalue weighted by Gasteiger charge is -2.20. The maximum Gasteiger partial charge on any atom is 0.264 e. The van der Waals surface area contributed by atoms with Gasteiger partial charge in [0.2, 0.25) is 0 Å². The molecule has 0 radical (unpaired) electrons. The molecule has 0 aliphatic carbocycles. The van der Waals surface area contributed by atoms with Crippen molar-refractivity contribution < 1.29 is 17.9 Å². The molecular weight excluding hydrogens is 426 g/mol. The van der Waals surface area contributed by atoms with E-state index in [0.29, 0.717) is 23.0 Å². The summed E-state index contributed by atoms with van der Waals surface area (Å²) in [6, 6.07) is 12.5. The van der Waals surface area contributed by atoms with Crippen molar-refractivity contribution in [2.24, 2.45) is 0 Å². The zero-order valence-corrected chi connectivity index (χ0v) is 19.0. The van der Waals surface area contributed by atoms with Crippen LogP contribution < -0.4 is 14.4 Å². The van der Waals surface area contributed by atoms with Gasteiger partial charge in [0, 0.05) is 25.2 Å². The summed E-state index contributed by atoms with van der Waals surface area (Å²) in [5.74, 6) is 0.281. The van der Waals surface area contributed by atoms with Crippen LogP contribution >= 0.6 is 11.6 Å². The molecule has 0 fully saturated rings. The molecule has 0 heterocycles. The summed E-state index contributed by atoms with van der Waals surface area (Å²) < 4.78 is 32.1. The second kappa shape index (κ2) is 11.2. The zero-order valence-electron chi connectivity index (χ0n) is 17.5. The standard InChI is InChI=1S/C21H28ClN3O4S/c1-4-25(5-2)15-14-23-21(26)16-29-19-10-8-18(9-11-19)24(3)30(27,28)20-12-6-17(22)7-13-20/h6-13H,4-5,14-16H2,1-3H3,(H,23,26). The van der Waals surface area contributed by atoms with Crippen LogP contribution in [0.15, 0.2) is 53.4 Å². The van der Waals surface area contributed by atoms with Gasteiger partial charge in [0.15, 0.2) is 6.61 Å². The van der Waals surface area contributed by atoms with Crippen LogP contribution in [-0.4, -0.2) is 59.1 Å². The van der Waals surface area contributed by atoms with E-state index in [1.165, 1.54) is 35.6 Å². The number of ether oxygens (including phenoxy) is 1. The Morgan fingerprint density at radius 3 is 2.20 bits per heavy atom. The Labute approximate surface area is 183 Å². The van der Waals surface area contributed by atoms with Gasteiger partial charge in [0.25, 0.3) is 15.9 Å². The summed E-state index contributed by atoms with van der Waals surface area (Å²) in [7, 11) is -2.23. The van der Waals surface area contributed by atoms with Gasteiger partial charge in [-0.3, -0.25) is 9.10 Å². The first kappa shape index (κ1) is 24.0. The van der Waals surface area contributed by atoms with E-state index in [-0.39, 0.29) is 17.4 Å². The van der Waals surface area contributed by atoms with E-state index in [9.17, 15) is 13.2 Å². The average molecular weight is 454 g/mol. The highest BCUT2D eigenvalue weighted by molar-refractivity contribution is 7.92. The molecule has 2 aromatic carbocycles. The molecule has 0 unspecified atom stereocenters. The Kier molecular flexibility index (Phi) is 8.95. The average Bonchev–Trinajstić information content (AvgIpc) is 2.75. The molecule has 1 amide bonds. The Balaban J connectivity index is 1.90. The number of carbonyl (C=O) groups excluding carboxylic acids is 1. The summed E-state index contributed by atoms with van der Waals surface area (Å²) in [6.45, 7) is 7.30. The number of benzene rings is 2. The maximum absolute atomic E-state index is 12.7. The van der Waals surface area contributed by atoms with Gasteiger partial charge in [-0.25, -0.2) is 8.42 Å². The number of sulfonamides is 1. The third-order valence-corrected chi connectivity index (χ3v) is 6.74. The first-order valence-electron chi connectivity index (χ1n) is 9.74. The molecule has 0 spiro atoms. The van der Waals surface area contributed by atoms with Crippen LogP contribution in [0.3, 0.4) is 0 Å². The van der Waals surface area contributed by atoms with E-state index >= 15 is 0 Å². The fourth-order valence-corrected chi connectivity index (χ4v) is 4.07. The van der Waals surface area contributed by atoms with Gasteiger partial charge < -0.3 is 15.0 Å². The molecule has 30 heavy (non-hydrogen) atoms. The Hall–Kier alpha value is -2.29. The van der Waals surface area contributed by atoms with Crippen molar-refractivity contribution in [1.29, 1.82) is 0 Å². The lowest BCUT2D eigenvalue weighted by atomic mass is 10.3. The highest BCUT2D eigenvalue weighted by atomic mass is 35.5. The fourth-order valence-electron chi connectivity index (χ4n) is 2.75. The molecule has 1 N–H and O–H groups in total. The molecular formula is C21H28ClN3O4S. The van der Waals surface area contributed by atoms with Gasteiger partial charge in [-0.15, -0.1) is 0 Å². The Morgan fingerprint density at radius 2 is 1.63 bits per heavy atom. The molecule has 164 valence electrons. The molecule has 0 aliphatic heterocycles. The van der Waals surface area contributed by atoms with Crippen LogP contribution in [-0.2, 0) is 14.8 Å². The second-order valence-corrected chi connectivity index (χ2v) is 8.99. The molecule has 0 aliphatic rings. The largest absolute Gasteiger partial charge is 0.484 e. The van der Waals surface area contributed by atoms with E-state index < -0.39 is 10.0 Å². The van der Waals surface area contributed by atoms with E-state index in [4.69, 9.17) is 16.3 Å². The highest BCUT2D eigenvalue weighted by Crippen LogP contribution is 2.25. The van der Waals surface area contributed by atoms with Crippen molar-refractivity contribution in [3.8, 4) is 5.75 Å². The van der Waals surface area contributed by atoms with Gasteiger partial charge in [0.05, 0.1) is 10.6 Å². The predicted octanol–water partition coefficient (Wildman–Crippen LogP) is 3.00. The molecule has 0 aromatic heterocycles. The first-order valence-corrected chi connectivity index (χ1v) is 11.6. The van der Waals surface area contributed by atoms with Crippen molar-refractivity contribution in [2.45, 2.75) is 18.7 Å². The van der Waals surface area contributed by atoms with Crippen molar-refractivity contribution in [3.63, 3.8) is 0 Å². The van der Waals surface area contributed by atoms with Gasteiger partial charge in [-0.1, -0.05) is 25.4 Å². The van der Waals surface area contributed by atoms with Crippen molar-refractivity contribution in [2.75, 3.05) is 44.1 Å². The number of rotatable bonds is 11. The first-order chi connectivity index (χ1) is 14.3. The predicted molar refractivity (Wildman–Crippen MR) is 120 cm³/mol. The topological polar surface area (TPSA) is 79.0 Å². The summed E-state index contributed by atoms with van der Waals surface area (Å²) in [6.07, 6.45) is 0. The molecule has 2 aromatic rings. The number of carbonyl (C=O) groups is 1. The molecule has 0 saturated heterocycles. The normalized spacial score (nSPS) is 11.4. The molecule has 0 atom stereocenters. The minimum atomic E-state index is -3.70. The van der Waals surface area contributed by atoms with E-state index in [2.05, 4.69) is 24.1 Å². The van der Waals surface area contributed by atoms with E-state index in [1.54, 1.807) is 24.3 Å². The lowest BCUT2D eigenvalue weighted by molar-refractivity contribution is -0.123. The Bertz CT molecular complexity index is 914. The zero-order chi connectivity index (χ0) is 22.1. The fraction of sp³-hybridized carbons (Fsp3) is 0.381. The molecule has 7 nitrogen and oxygen atoms in total. The smallest absolute Gasteiger partial charge is 0.264 e. The lowest BCUT2D eigenvalue weighted by Crippen LogP contribution is -2.36. The van der Waals surface area contributed by atoms with Crippen LogP contribution in [0.25, 0.3) is 0 Å². The van der Waals surface area contributed by atoms with Crippen molar-refractivity contribution in [3.05, 3.63) is 53.6 Å². The third-order valence-electron chi connectivity index (χ3n) is 4.69. The van der Waals surface area contributed by atoms with Gasteiger partial charge >= 0.3 is 0 Å². The number of amides is 1. The van der Waals surface area contributed by atoms with Gasteiger partial charge in [-0.2, -0.15) is 0 Å². The van der Waals surface area contributed by atoms with Crippen LogP contribution in [0.1, 0.15) is 13.8 Å². The summed E-state index contributed by atoms with van der Waals surface area (Å²) in [5, 5.41) is 3.29. The maximum atomic E-state index is 12.7. The minimum absolute atomic E-state index is 0.101. The number of hydrogen-bond acceptors (Lipinski definition) is 5. The molecule has 2 rings (SSSR count). The minimum Gasteiger partial charge on any atom is -0.484 e. The number of likely N-dealkylation sites (N-methyl/N-ethyl adjacent to an activating group) is 1. The highest BCUT2D eigenvalue weighted by Gasteiger charge is 2.21. The summed E-state index contributed by atoms with van der Waals surface area (Å²) >= 11 is 5.83. The van der Waals surface area contributed by atoms with E-state index in [0.717, 1.165) is 19.6 Å². The third kappa shape index (κ3) is 6.62. The van der Waals surface area contributed by atoms with Crippen LogP contribution in [0, 0.1) is 0 Å². The van der Waals surface area contributed by atoms with Crippen LogP contribution in [0.4, 0.5) is 5.69 Å². The summed E-state index contributed by atoms with van der Waals surface area (Å²) in [5.41, 5.74) is 0.473. The second-order valence-electron chi connectivity index (χ2n) is 6.59.